The van der Waals surface area contributed by atoms with Crippen molar-refractivity contribution in [1.29, 1.82) is 0 Å². The second-order valence-electron chi connectivity index (χ2n) is 5.33. The Kier molecular flexibility index (Phi) is 4.77. The minimum Gasteiger partial charge on any atom is -0.354 e. The molecule has 5 nitrogen and oxygen atoms in total. The van der Waals surface area contributed by atoms with Gasteiger partial charge in [0, 0.05) is 23.9 Å². The minimum absolute atomic E-state index is 0.0328. The van der Waals surface area contributed by atoms with E-state index in [2.05, 4.69) is 10.3 Å². The number of fused-ring (bicyclic) bond motifs is 1. The Bertz CT molecular complexity index is 718. The summed E-state index contributed by atoms with van der Waals surface area (Å²) in [7, 11) is 0. The predicted octanol–water partition coefficient (Wildman–Crippen LogP) is 2.38. The van der Waals surface area contributed by atoms with Crippen LogP contribution in [0.5, 0.6) is 0 Å². The van der Waals surface area contributed by atoms with E-state index in [1.54, 1.807) is 0 Å². The Balaban J connectivity index is 2.16. The normalized spacial score (nSPS) is 12.6. The number of rotatable bonds is 5. The molecule has 1 N–H and O–H groups in total. The standard InChI is InChI=1S/C15H21N3O2S/c1-5-9(2)17-12(19)6-7-18-8-16-14-13(15(18)20)10(3)11(4)21-14/h8-9H,5-7H2,1-4H3,(H,17,19)/t9-/m1/s1. The fourth-order valence-electron chi connectivity index (χ4n) is 2.10. The summed E-state index contributed by atoms with van der Waals surface area (Å²) in [5.41, 5.74) is 0.934. The van der Waals surface area contributed by atoms with Crippen molar-refractivity contribution in [3.8, 4) is 0 Å². The van der Waals surface area contributed by atoms with Crippen LogP contribution in [0.2, 0.25) is 0 Å². The summed E-state index contributed by atoms with van der Waals surface area (Å²) in [5, 5.41) is 3.58. The number of amides is 1. The lowest BCUT2D eigenvalue weighted by Gasteiger charge is -2.11. The van der Waals surface area contributed by atoms with E-state index in [9.17, 15) is 9.59 Å². The minimum atomic E-state index is -0.0572. The fourth-order valence-corrected chi connectivity index (χ4v) is 3.09. The summed E-state index contributed by atoms with van der Waals surface area (Å²) in [4.78, 5) is 30.5. The molecule has 0 bridgehead atoms. The molecule has 21 heavy (non-hydrogen) atoms. The van der Waals surface area contributed by atoms with Crippen LogP contribution in [0.15, 0.2) is 11.1 Å². The Morgan fingerprint density at radius 1 is 1.48 bits per heavy atom. The van der Waals surface area contributed by atoms with Gasteiger partial charge in [-0.1, -0.05) is 6.92 Å². The van der Waals surface area contributed by atoms with E-state index < -0.39 is 0 Å². The molecule has 0 spiro atoms. The highest BCUT2D eigenvalue weighted by molar-refractivity contribution is 7.18. The molecule has 2 aromatic heterocycles. The molecule has 114 valence electrons. The van der Waals surface area contributed by atoms with Crippen molar-refractivity contribution in [2.75, 3.05) is 0 Å². The van der Waals surface area contributed by atoms with Crippen LogP contribution < -0.4 is 10.9 Å². The molecular weight excluding hydrogens is 286 g/mol. The van der Waals surface area contributed by atoms with E-state index in [-0.39, 0.29) is 17.5 Å². The molecule has 0 saturated carbocycles. The van der Waals surface area contributed by atoms with Gasteiger partial charge in [0.25, 0.3) is 5.56 Å². The zero-order chi connectivity index (χ0) is 15.6. The van der Waals surface area contributed by atoms with Gasteiger partial charge in [0.1, 0.15) is 4.83 Å². The monoisotopic (exact) mass is 307 g/mol. The van der Waals surface area contributed by atoms with Crippen LogP contribution in [-0.2, 0) is 11.3 Å². The lowest BCUT2D eigenvalue weighted by molar-refractivity contribution is -0.121. The number of carbonyl (C=O) groups is 1. The van der Waals surface area contributed by atoms with Crippen LogP contribution in [0.3, 0.4) is 0 Å². The first-order chi connectivity index (χ1) is 9.93. The van der Waals surface area contributed by atoms with Crippen molar-refractivity contribution in [1.82, 2.24) is 14.9 Å². The van der Waals surface area contributed by atoms with E-state index in [1.807, 2.05) is 27.7 Å². The number of carbonyl (C=O) groups excluding carboxylic acids is 1. The van der Waals surface area contributed by atoms with Crippen LogP contribution in [0.25, 0.3) is 10.2 Å². The molecule has 0 aliphatic rings. The maximum Gasteiger partial charge on any atom is 0.262 e. The number of aromatic nitrogens is 2. The summed E-state index contributed by atoms with van der Waals surface area (Å²) in [5.74, 6) is -0.0328. The largest absolute Gasteiger partial charge is 0.354 e. The summed E-state index contributed by atoms with van der Waals surface area (Å²) in [6.07, 6.45) is 2.72. The second kappa shape index (κ2) is 6.39. The molecule has 2 rings (SSSR count). The first-order valence-electron chi connectivity index (χ1n) is 7.18. The van der Waals surface area contributed by atoms with Gasteiger partial charge in [0.15, 0.2) is 0 Å². The van der Waals surface area contributed by atoms with Crippen LogP contribution in [0.1, 0.15) is 37.1 Å². The van der Waals surface area contributed by atoms with Gasteiger partial charge in [0.2, 0.25) is 5.91 Å². The van der Waals surface area contributed by atoms with E-state index in [1.165, 1.54) is 22.2 Å². The van der Waals surface area contributed by atoms with Crippen molar-refractivity contribution in [3.05, 3.63) is 27.1 Å². The smallest absolute Gasteiger partial charge is 0.262 e. The first-order valence-corrected chi connectivity index (χ1v) is 8.00. The zero-order valence-electron chi connectivity index (χ0n) is 12.9. The van der Waals surface area contributed by atoms with Crippen LogP contribution >= 0.6 is 11.3 Å². The summed E-state index contributed by atoms with van der Waals surface area (Å²) in [6.45, 7) is 8.28. The van der Waals surface area contributed by atoms with Crippen molar-refractivity contribution in [2.45, 2.75) is 53.1 Å². The van der Waals surface area contributed by atoms with Crippen LogP contribution in [0.4, 0.5) is 0 Å². The average Bonchev–Trinajstić information content (AvgIpc) is 2.74. The predicted molar refractivity (Wildman–Crippen MR) is 85.9 cm³/mol. The molecule has 1 atom stereocenters. The van der Waals surface area contributed by atoms with Crippen molar-refractivity contribution >= 4 is 27.5 Å². The molecule has 2 heterocycles. The summed E-state index contributed by atoms with van der Waals surface area (Å²) in [6, 6.07) is 0.164. The molecule has 0 fully saturated rings. The van der Waals surface area contributed by atoms with Gasteiger partial charge in [0.05, 0.1) is 11.7 Å². The third kappa shape index (κ3) is 3.32. The SMILES string of the molecule is CC[C@@H](C)NC(=O)CCn1cnc2sc(C)c(C)c2c1=O. The number of thiophene rings is 1. The van der Waals surface area contributed by atoms with E-state index in [4.69, 9.17) is 0 Å². The highest BCUT2D eigenvalue weighted by Gasteiger charge is 2.13. The third-order valence-corrected chi connectivity index (χ3v) is 4.87. The van der Waals surface area contributed by atoms with E-state index >= 15 is 0 Å². The van der Waals surface area contributed by atoms with Crippen molar-refractivity contribution < 1.29 is 4.79 Å². The second-order valence-corrected chi connectivity index (χ2v) is 6.54. The van der Waals surface area contributed by atoms with Crippen LogP contribution in [-0.4, -0.2) is 21.5 Å². The van der Waals surface area contributed by atoms with E-state index in [0.29, 0.717) is 18.4 Å². The first kappa shape index (κ1) is 15.7. The molecular formula is C15H21N3O2S. The number of aryl methyl sites for hydroxylation is 3. The average molecular weight is 307 g/mol. The van der Waals surface area contributed by atoms with Crippen molar-refractivity contribution in [2.24, 2.45) is 0 Å². The number of hydrogen-bond donors (Lipinski definition) is 1. The third-order valence-electron chi connectivity index (χ3n) is 3.76. The lowest BCUT2D eigenvalue weighted by atomic mass is 10.2. The van der Waals surface area contributed by atoms with Gasteiger partial charge < -0.3 is 5.32 Å². The van der Waals surface area contributed by atoms with Gasteiger partial charge in [-0.3, -0.25) is 14.2 Å². The lowest BCUT2D eigenvalue weighted by Crippen LogP contribution is -2.33. The quantitative estimate of drug-likeness (QED) is 0.922. The molecule has 0 unspecified atom stereocenters. The Morgan fingerprint density at radius 3 is 2.86 bits per heavy atom. The number of nitrogens with zero attached hydrogens (tertiary/aromatic N) is 2. The van der Waals surface area contributed by atoms with Gasteiger partial charge in [-0.25, -0.2) is 4.98 Å². The van der Waals surface area contributed by atoms with Gasteiger partial charge in [-0.2, -0.15) is 0 Å². The molecule has 0 aliphatic heterocycles. The molecule has 0 aromatic carbocycles. The highest BCUT2D eigenvalue weighted by Crippen LogP contribution is 2.25. The maximum absolute atomic E-state index is 12.5. The number of nitrogens with one attached hydrogen (secondary N) is 1. The Morgan fingerprint density at radius 2 is 2.19 bits per heavy atom. The molecule has 1 amide bonds. The van der Waals surface area contributed by atoms with Gasteiger partial charge in [-0.15, -0.1) is 11.3 Å². The fraction of sp³-hybridized carbons (Fsp3) is 0.533. The highest BCUT2D eigenvalue weighted by atomic mass is 32.1. The summed E-state index contributed by atoms with van der Waals surface area (Å²) < 4.78 is 1.53. The van der Waals surface area contributed by atoms with Crippen molar-refractivity contribution in [3.63, 3.8) is 0 Å². The topological polar surface area (TPSA) is 64.0 Å². The molecule has 0 saturated heterocycles. The molecule has 2 aromatic rings. The number of hydrogen-bond acceptors (Lipinski definition) is 4. The van der Waals surface area contributed by atoms with Gasteiger partial charge >= 0.3 is 0 Å². The Labute approximate surface area is 128 Å². The maximum atomic E-state index is 12.5. The van der Waals surface area contributed by atoms with Crippen LogP contribution in [0, 0.1) is 13.8 Å². The summed E-state index contributed by atoms with van der Waals surface area (Å²) >= 11 is 1.53. The molecule has 0 radical (unpaired) electrons. The molecule has 6 heteroatoms. The Hall–Kier alpha value is -1.69. The van der Waals surface area contributed by atoms with E-state index in [0.717, 1.165) is 21.7 Å². The molecule has 0 aliphatic carbocycles. The zero-order valence-corrected chi connectivity index (χ0v) is 13.7. The van der Waals surface area contributed by atoms with Gasteiger partial charge in [-0.05, 0) is 32.8 Å².